The summed E-state index contributed by atoms with van der Waals surface area (Å²) in [4.78, 5) is 8.24. The Labute approximate surface area is 139 Å². The molecule has 0 atom stereocenters. The zero-order valence-electron chi connectivity index (χ0n) is 12.6. The number of aromatic nitrogens is 4. The van der Waals surface area contributed by atoms with Crippen LogP contribution in [0, 0.1) is 17.5 Å². The average Bonchev–Trinajstić information content (AvgIpc) is 3.02. The minimum atomic E-state index is -0.746. The molecule has 5 nitrogen and oxygen atoms in total. The van der Waals surface area contributed by atoms with Crippen molar-refractivity contribution in [2.75, 3.05) is 5.32 Å². The maximum Gasteiger partial charge on any atom is 0.168 e. The number of nitrogens with one attached hydrogen (secondary N) is 1. The molecule has 124 valence electrons. The Morgan fingerprint density at radius 2 is 1.76 bits per heavy atom. The van der Waals surface area contributed by atoms with Crippen molar-refractivity contribution in [2.24, 2.45) is 0 Å². The van der Waals surface area contributed by atoms with Gasteiger partial charge in [0.2, 0.25) is 0 Å². The van der Waals surface area contributed by atoms with Gasteiger partial charge in [-0.3, -0.25) is 0 Å². The molecule has 0 amide bonds. The molecule has 4 rings (SSSR count). The molecule has 25 heavy (non-hydrogen) atoms. The summed E-state index contributed by atoms with van der Waals surface area (Å²) in [6.45, 7) is 0. The first-order valence-corrected chi connectivity index (χ1v) is 7.28. The van der Waals surface area contributed by atoms with Crippen molar-refractivity contribution in [1.82, 2.24) is 19.7 Å². The van der Waals surface area contributed by atoms with E-state index < -0.39 is 17.5 Å². The monoisotopic (exact) mass is 341 g/mol. The summed E-state index contributed by atoms with van der Waals surface area (Å²) in [6, 6.07) is 9.08. The summed E-state index contributed by atoms with van der Waals surface area (Å²) in [5, 5.41) is 7.51. The van der Waals surface area contributed by atoms with Crippen molar-refractivity contribution < 1.29 is 13.2 Å². The standard InChI is InChI=1S/C17H10F3N5/c18-10-2-1-3-12(6-10)25-17-13(8-23-25)16(21-9-22-17)24-15-5-4-11(19)7-14(15)20/h1-9H,(H,21,22,24). The molecule has 4 aromatic rings. The normalized spacial score (nSPS) is 11.0. The molecule has 1 N–H and O–H groups in total. The van der Waals surface area contributed by atoms with Gasteiger partial charge in [-0.25, -0.2) is 27.8 Å². The van der Waals surface area contributed by atoms with Gasteiger partial charge in [0.25, 0.3) is 0 Å². The molecule has 0 spiro atoms. The molecule has 0 fully saturated rings. The summed E-state index contributed by atoms with van der Waals surface area (Å²) in [6.07, 6.45) is 2.77. The molecular weight excluding hydrogens is 331 g/mol. The van der Waals surface area contributed by atoms with Gasteiger partial charge in [0.15, 0.2) is 5.65 Å². The van der Waals surface area contributed by atoms with Gasteiger partial charge in [0.05, 0.1) is 23.0 Å². The summed E-state index contributed by atoms with van der Waals surface area (Å²) in [7, 11) is 0. The van der Waals surface area contributed by atoms with E-state index in [4.69, 9.17) is 0 Å². The summed E-state index contributed by atoms with van der Waals surface area (Å²) < 4.78 is 41.8. The highest BCUT2D eigenvalue weighted by molar-refractivity contribution is 5.89. The van der Waals surface area contributed by atoms with Crippen LogP contribution in [0.4, 0.5) is 24.7 Å². The molecule has 2 heterocycles. The fourth-order valence-electron chi connectivity index (χ4n) is 2.46. The van der Waals surface area contributed by atoms with E-state index in [1.165, 1.54) is 35.4 Å². The van der Waals surface area contributed by atoms with Gasteiger partial charge < -0.3 is 5.32 Å². The number of benzene rings is 2. The van der Waals surface area contributed by atoms with Crippen molar-refractivity contribution in [3.8, 4) is 5.69 Å². The quantitative estimate of drug-likeness (QED) is 0.612. The molecule has 0 aliphatic rings. The molecule has 0 radical (unpaired) electrons. The number of nitrogens with zero attached hydrogens (tertiary/aromatic N) is 4. The van der Waals surface area contributed by atoms with Crippen LogP contribution in [0.15, 0.2) is 55.0 Å². The predicted molar refractivity (Wildman–Crippen MR) is 86.3 cm³/mol. The maximum absolute atomic E-state index is 13.8. The lowest BCUT2D eigenvalue weighted by molar-refractivity contribution is 0.586. The van der Waals surface area contributed by atoms with E-state index in [0.29, 0.717) is 22.5 Å². The van der Waals surface area contributed by atoms with Gasteiger partial charge in [-0.1, -0.05) is 6.07 Å². The molecule has 0 aliphatic heterocycles. The Bertz CT molecular complexity index is 1080. The van der Waals surface area contributed by atoms with Crippen LogP contribution in [0.3, 0.4) is 0 Å². The summed E-state index contributed by atoms with van der Waals surface area (Å²) in [5.41, 5.74) is 0.984. The zero-order valence-corrected chi connectivity index (χ0v) is 12.6. The van der Waals surface area contributed by atoms with Crippen LogP contribution in [-0.2, 0) is 0 Å². The Morgan fingerprint density at radius 3 is 2.56 bits per heavy atom. The second-order valence-electron chi connectivity index (χ2n) is 5.24. The lowest BCUT2D eigenvalue weighted by Gasteiger charge is -2.08. The molecule has 0 bridgehead atoms. The Balaban J connectivity index is 1.79. The van der Waals surface area contributed by atoms with Gasteiger partial charge in [0, 0.05) is 6.07 Å². The molecule has 0 unspecified atom stereocenters. The highest BCUT2D eigenvalue weighted by Gasteiger charge is 2.13. The first-order valence-electron chi connectivity index (χ1n) is 7.28. The third-order valence-electron chi connectivity index (χ3n) is 3.60. The number of fused-ring (bicyclic) bond motifs is 1. The largest absolute Gasteiger partial charge is 0.337 e. The second-order valence-corrected chi connectivity index (χ2v) is 5.24. The second kappa shape index (κ2) is 5.90. The van der Waals surface area contributed by atoms with Crippen molar-refractivity contribution >= 4 is 22.5 Å². The highest BCUT2D eigenvalue weighted by Crippen LogP contribution is 2.26. The van der Waals surface area contributed by atoms with E-state index in [2.05, 4.69) is 20.4 Å². The van der Waals surface area contributed by atoms with E-state index in [1.807, 2.05) is 0 Å². The fraction of sp³-hybridized carbons (Fsp3) is 0. The number of rotatable bonds is 3. The van der Waals surface area contributed by atoms with Gasteiger partial charge in [-0.2, -0.15) is 5.10 Å². The number of hydrogen-bond donors (Lipinski definition) is 1. The molecule has 0 saturated heterocycles. The van der Waals surface area contributed by atoms with Crippen LogP contribution in [0.5, 0.6) is 0 Å². The van der Waals surface area contributed by atoms with E-state index in [1.54, 1.807) is 12.1 Å². The lowest BCUT2D eigenvalue weighted by atomic mass is 10.3. The zero-order chi connectivity index (χ0) is 17.4. The van der Waals surface area contributed by atoms with Gasteiger partial charge in [0.1, 0.15) is 29.6 Å². The lowest BCUT2D eigenvalue weighted by Crippen LogP contribution is -2.01. The minimum Gasteiger partial charge on any atom is -0.337 e. The van der Waals surface area contributed by atoms with Crippen molar-refractivity contribution in [1.29, 1.82) is 0 Å². The van der Waals surface area contributed by atoms with Gasteiger partial charge in [-0.05, 0) is 30.3 Å². The maximum atomic E-state index is 13.8. The SMILES string of the molecule is Fc1cccc(-n2ncc3c(Nc4ccc(F)cc4F)ncnc32)c1. The third kappa shape index (κ3) is 2.78. The van der Waals surface area contributed by atoms with E-state index in [-0.39, 0.29) is 5.69 Å². The van der Waals surface area contributed by atoms with Gasteiger partial charge in [-0.15, -0.1) is 0 Å². The van der Waals surface area contributed by atoms with Crippen molar-refractivity contribution in [3.05, 3.63) is 72.4 Å². The Hall–Kier alpha value is -3.42. The smallest absolute Gasteiger partial charge is 0.168 e. The van der Waals surface area contributed by atoms with Crippen LogP contribution in [0.2, 0.25) is 0 Å². The summed E-state index contributed by atoms with van der Waals surface area (Å²) in [5.74, 6) is -1.51. The minimum absolute atomic E-state index is 0.0694. The molecular formula is C17H10F3N5. The van der Waals surface area contributed by atoms with E-state index in [9.17, 15) is 13.2 Å². The topological polar surface area (TPSA) is 55.6 Å². The number of hydrogen-bond acceptors (Lipinski definition) is 4. The average molecular weight is 341 g/mol. The molecule has 0 aliphatic carbocycles. The molecule has 2 aromatic carbocycles. The molecule has 8 heteroatoms. The fourth-order valence-corrected chi connectivity index (χ4v) is 2.46. The third-order valence-corrected chi connectivity index (χ3v) is 3.60. The molecule has 2 aromatic heterocycles. The van der Waals surface area contributed by atoms with Crippen LogP contribution in [-0.4, -0.2) is 19.7 Å². The van der Waals surface area contributed by atoms with E-state index >= 15 is 0 Å². The number of anilines is 2. The Kier molecular flexibility index (Phi) is 3.57. The highest BCUT2D eigenvalue weighted by atomic mass is 19.1. The van der Waals surface area contributed by atoms with Crippen molar-refractivity contribution in [3.63, 3.8) is 0 Å². The van der Waals surface area contributed by atoms with Crippen LogP contribution >= 0.6 is 0 Å². The van der Waals surface area contributed by atoms with Crippen LogP contribution in [0.25, 0.3) is 16.7 Å². The first kappa shape index (κ1) is 15.1. The number of halogens is 3. The van der Waals surface area contributed by atoms with E-state index in [0.717, 1.165) is 12.1 Å². The van der Waals surface area contributed by atoms with Crippen molar-refractivity contribution in [2.45, 2.75) is 0 Å². The van der Waals surface area contributed by atoms with Crippen LogP contribution < -0.4 is 5.32 Å². The summed E-state index contributed by atoms with van der Waals surface area (Å²) >= 11 is 0. The van der Waals surface area contributed by atoms with Crippen LogP contribution in [0.1, 0.15) is 0 Å². The first-order chi connectivity index (χ1) is 12.1. The molecule has 0 saturated carbocycles. The Morgan fingerprint density at radius 1 is 0.920 bits per heavy atom. The predicted octanol–water partition coefficient (Wildman–Crippen LogP) is 3.98. The van der Waals surface area contributed by atoms with Gasteiger partial charge >= 0.3 is 0 Å².